The van der Waals surface area contributed by atoms with Crippen molar-refractivity contribution in [3.05, 3.63) is 23.8 Å². The first-order valence-electron chi connectivity index (χ1n) is 6.72. The van der Waals surface area contributed by atoms with Gasteiger partial charge in [0.1, 0.15) is 0 Å². The Morgan fingerprint density at radius 1 is 0.957 bits per heavy atom. The molecule has 0 aliphatic rings. The van der Waals surface area contributed by atoms with Crippen molar-refractivity contribution < 1.29 is 28.7 Å². The highest BCUT2D eigenvalue weighted by molar-refractivity contribution is 5.98. The van der Waals surface area contributed by atoms with Crippen LogP contribution < -0.4 is 10.6 Å². The van der Waals surface area contributed by atoms with Gasteiger partial charge in [-0.1, -0.05) is 0 Å². The molecule has 8 heteroatoms. The molecule has 0 fully saturated rings. The fourth-order valence-corrected chi connectivity index (χ4v) is 1.74. The fourth-order valence-electron chi connectivity index (χ4n) is 1.74. The van der Waals surface area contributed by atoms with Crippen LogP contribution in [-0.4, -0.2) is 37.0 Å². The molecule has 0 heterocycles. The van der Waals surface area contributed by atoms with E-state index in [1.807, 2.05) is 0 Å². The lowest BCUT2D eigenvalue weighted by molar-refractivity contribution is -0.149. The smallest absolute Gasteiger partial charge is 0.346 e. The molecule has 0 bridgehead atoms. The number of amides is 2. The number of esters is 2. The summed E-state index contributed by atoms with van der Waals surface area (Å²) in [5.41, 5.74) is 0.679. The first-order chi connectivity index (χ1) is 10.7. The van der Waals surface area contributed by atoms with Crippen LogP contribution in [0.1, 0.15) is 31.1 Å². The summed E-state index contributed by atoms with van der Waals surface area (Å²) in [7, 11) is 1.18. The largest absolute Gasteiger partial charge is 0.466 e. The Hall–Kier alpha value is -2.90. The normalized spacial score (nSPS) is 11.1. The summed E-state index contributed by atoms with van der Waals surface area (Å²) in [5, 5.41) is 5.02. The molecule has 1 aromatic rings. The van der Waals surface area contributed by atoms with Gasteiger partial charge in [-0.3, -0.25) is 9.59 Å². The molecule has 23 heavy (non-hydrogen) atoms. The summed E-state index contributed by atoms with van der Waals surface area (Å²) < 4.78 is 9.44. The number of hydrogen-bond acceptors (Lipinski definition) is 6. The third-order valence-corrected chi connectivity index (χ3v) is 2.63. The Labute approximate surface area is 133 Å². The second-order valence-electron chi connectivity index (χ2n) is 4.73. The SMILES string of the molecule is COC(=O)[C@H](C)OC(=O)c1cc(NC(C)=O)cc(NC(C)=O)c1. The molecule has 0 saturated heterocycles. The molecule has 2 N–H and O–H groups in total. The third-order valence-electron chi connectivity index (χ3n) is 2.63. The molecule has 2 amide bonds. The van der Waals surface area contributed by atoms with Crippen LogP contribution in [0.25, 0.3) is 0 Å². The zero-order valence-corrected chi connectivity index (χ0v) is 13.3. The van der Waals surface area contributed by atoms with E-state index in [1.165, 1.54) is 46.1 Å². The minimum atomic E-state index is -1.08. The number of carbonyl (C=O) groups excluding carboxylic acids is 4. The topological polar surface area (TPSA) is 111 Å². The molecule has 0 spiro atoms. The highest BCUT2D eigenvalue weighted by atomic mass is 16.6. The summed E-state index contributed by atoms with van der Waals surface area (Å²) in [6, 6.07) is 4.24. The van der Waals surface area contributed by atoms with Crippen molar-refractivity contribution in [2.24, 2.45) is 0 Å². The van der Waals surface area contributed by atoms with Crippen LogP contribution in [0.15, 0.2) is 18.2 Å². The molecular weight excluding hydrogens is 304 g/mol. The minimum absolute atomic E-state index is 0.0655. The average molecular weight is 322 g/mol. The van der Waals surface area contributed by atoms with Crippen molar-refractivity contribution in [3.63, 3.8) is 0 Å². The molecule has 124 valence electrons. The van der Waals surface area contributed by atoms with Crippen LogP contribution in [-0.2, 0) is 23.9 Å². The van der Waals surface area contributed by atoms with Crippen LogP contribution >= 0.6 is 0 Å². The Kier molecular flexibility index (Phi) is 6.25. The van der Waals surface area contributed by atoms with Gasteiger partial charge in [-0.25, -0.2) is 9.59 Å². The van der Waals surface area contributed by atoms with Crippen LogP contribution in [0.4, 0.5) is 11.4 Å². The number of ether oxygens (including phenoxy) is 2. The van der Waals surface area contributed by atoms with E-state index in [9.17, 15) is 19.2 Å². The van der Waals surface area contributed by atoms with Crippen molar-refractivity contribution in [1.29, 1.82) is 0 Å². The number of carbonyl (C=O) groups is 4. The van der Waals surface area contributed by atoms with Gasteiger partial charge in [-0.05, 0) is 25.1 Å². The van der Waals surface area contributed by atoms with Gasteiger partial charge in [0, 0.05) is 25.2 Å². The van der Waals surface area contributed by atoms with Gasteiger partial charge in [0.25, 0.3) is 0 Å². The molecule has 0 saturated carbocycles. The van der Waals surface area contributed by atoms with E-state index in [4.69, 9.17) is 4.74 Å². The minimum Gasteiger partial charge on any atom is -0.466 e. The predicted molar refractivity (Wildman–Crippen MR) is 81.9 cm³/mol. The lowest BCUT2D eigenvalue weighted by Gasteiger charge is -2.13. The lowest BCUT2D eigenvalue weighted by Crippen LogP contribution is -2.25. The van der Waals surface area contributed by atoms with E-state index in [0.717, 1.165) is 0 Å². The summed E-state index contributed by atoms with van der Waals surface area (Å²) in [6.07, 6.45) is -1.08. The van der Waals surface area contributed by atoms with Crippen LogP contribution in [0, 0.1) is 0 Å². The van der Waals surface area contributed by atoms with Crippen molar-refractivity contribution in [2.75, 3.05) is 17.7 Å². The lowest BCUT2D eigenvalue weighted by atomic mass is 10.1. The molecule has 1 atom stereocenters. The molecule has 1 rings (SSSR count). The van der Waals surface area contributed by atoms with E-state index in [1.54, 1.807) is 0 Å². The second-order valence-corrected chi connectivity index (χ2v) is 4.73. The van der Waals surface area contributed by atoms with Crippen molar-refractivity contribution in [1.82, 2.24) is 0 Å². The van der Waals surface area contributed by atoms with Gasteiger partial charge < -0.3 is 20.1 Å². The standard InChI is InChI=1S/C15H18N2O6/c1-8(14(20)22-4)23-15(21)11-5-12(16-9(2)18)7-13(6-11)17-10(3)19/h5-8H,1-4H3,(H,16,18)(H,17,19)/t8-/m0/s1. The Morgan fingerprint density at radius 3 is 1.83 bits per heavy atom. The van der Waals surface area contributed by atoms with Crippen LogP contribution in [0.5, 0.6) is 0 Å². The molecule has 8 nitrogen and oxygen atoms in total. The molecule has 0 aliphatic carbocycles. The molecule has 0 aromatic heterocycles. The van der Waals surface area contributed by atoms with Gasteiger partial charge in [0.2, 0.25) is 11.8 Å². The molecule has 0 aliphatic heterocycles. The van der Waals surface area contributed by atoms with Gasteiger partial charge >= 0.3 is 11.9 Å². The Morgan fingerprint density at radius 2 is 1.43 bits per heavy atom. The summed E-state index contributed by atoms with van der Waals surface area (Å²) in [4.78, 5) is 45.7. The van der Waals surface area contributed by atoms with E-state index >= 15 is 0 Å². The summed E-state index contributed by atoms with van der Waals surface area (Å²) >= 11 is 0. The molecule has 0 unspecified atom stereocenters. The number of hydrogen-bond donors (Lipinski definition) is 2. The number of nitrogens with one attached hydrogen (secondary N) is 2. The van der Waals surface area contributed by atoms with Gasteiger partial charge in [0.05, 0.1) is 12.7 Å². The average Bonchev–Trinajstić information content (AvgIpc) is 2.44. The zero-order valence-electron chi connectivity index (χ0n) is 13.3. The van der Waals surface area contributed by atoms with Crippen molar-refractivity contribution in [3.8, 4) is 0 Å². The maximum atomic E-state index is 12.1. The molecule has 0 radical (unpaired) electrons. The monoisotopic (exact) mass is 322 g/mol. The highest BCUT2D eigenvalue weighted by Crippen LogP contribution is 2.20. The van der Waals surface area contributed by atoms with Crippen molar-refractivity contribution in [2.45, 2.75) is 26.9 Å². The zero-order chi connectivity index (χ0) is 17.6. The highest BCUT2D eigenvalue weighted by Gasteiger charge is 2.20. The third kappa shape index (κ3) is 5.77. The first kappa shape index (κ1) is 18.1. The van der Waals surface area contributed by atoms with Crippen LogP contribution in [0.2, 0.25) is 0 Å². The van der Waals surface area contributed by atoms with Gasteiger partial charge in [0.15, 0.2) is 6.10 Å². The summed E-state index contributed by atoms with van der Waals surface area (Å²) in [5.74, 6) is -2.17. The maximum absolute atomic E-state index is 12.1. The fraction of sp³-hybridized carbons (Fsp3) is 0.333. The quantitative estimate of drug-likeness (QED) is 0.791. The van der Waals surface area contributed by atoms with E-state index in [2.05, 4.69) is 15.4 Å². The Balaban J connectivity index is 3.07. The van der Waals surface area contributed by atoms with E-state index in [0.29, 0.717) is 11.4 Å². The van der Waals surface area contributed by atoms with Gasteiger partial charge in [-0.15, -0.1) is 0 Å². The molecular formula is C15H18N2O6. The first-order valence-corrected chi connectivity index (χ1v) is 6.72. The maximum Gasteiger partial charge on any atom is 0.346 e. The molecule has 1 aromatic carbocycles. The number of anilines is 2. The second kappa shape index (κ2) is 7.92. The van der Waals surface area contributed by atoms with Crippen molar-refractivity contribution >= 4 is 35.1 Å². The van der Waals surface area contributed by atoms with E-state index < -0.39 is 18.0 Å². The van der Waals surface area contributed by atoms with E-state index in [-0.39, 0.29) is 17.4 Å². The number of benzene rings is 1. The number of rotatable bonds is 5. The Bertz CT molecular complexity index is 607. The summed E-state index contributed by atoms with van der Waals surface area (Å²) in [6.45, 7) is 3.99. The van der Waals surface area contributed by atoms with Gasteiger partial charge in [-0.2, -0.15) is 0 Å². The number of methoxy groups -OCH3 is 1. The predicted octanol–water partition coefficient (Wildman–Crippen LogP) is 1.32. The van der Waals surface area contributed by atoms with Crippen LogP contribution in [0.3, 0.4) is 0 Å².